The molecule has 0 saturated heterocycles. The zero-order valence-electron chi connectivity index (χ0n) is 22.9. The van der Waals surface area contributed by atoms with E-state index in [1.54, 1.807) is 13.1 Å². The SMILES string of the molecule is CCC(C)C(NC(=O)C(CCSC)NC(=O)C(Cc1c[nH]c2ccccc12)NC(=O)C(N)CCC(=O)O)C(=O)O. The molecule has 2 aromatic rings. The number of carbonyl (C=O) groups excluding carboxylic acids is 3. The summed E-state index contributed by atoms with van der Waals surface area (Å²) < 4.78 is 0. The fourth-order valence-corrected chi connectivity index (χ4v) is 4.60. The highest BCUT2D eigenvalue weighted by atomic mass is 32.2. The van der Waals surface area contributed by atoms with Gasteiger partial charge in [-0.3, -0.25) is 19.2 Å². The second-order valence-corrected chi connectivity index (χ2v) is 10.7. The van der Waals surface area contributed by atoms with E-state index in [1.807, 2.05) is 37.4 Å². The summed E-state index contributed by atoms with van der Waals surface area (Å²) in [5, 5.41) is 27.2. The number of para-hydroxylation sites is 1. The number of aromatic amines is 1. The van der Waals surface area contributed by atoms with E-state index < -0.39 is 53.8 Å². The van der Waals surface area contributed by atoms with Crippen LogP contribution in [0.5, 0.6) is 0 Å². The Bertz CT molecular complexity index is 1190. The van der Waals surface area contributed by atoms with Gasteiger partial charge in [0.15, 0.2) is 0 Å². The van der Waals surface area contributed by atoms with E-state index in [-0.39, 0.29) is 31.6 Å². The first-order chi connectivity index (χ1) is 19.0. The Labute approximate surface area is 237 Å². The first kappa shape index (κ1) is 32.6. The molecule has 0 aliphatic rings. The molecule has 0 aliphatic carbocycles. The van der Waals surface area contributed by atoms with Crippen molar-refractivity contribution in [3.05, 3.63) is 36.0 Å². The van der Waals surface area contributed by atoms with Crippen molar-refractivity contribution in [2.45, 2.75) is 70.1 Å². The van der Waals surface area contributed by atoms with E-state index in [0.29, 0.717) is 12.2 Å². The molecule has 2 rings (SSSR count). The lowest BCUT2D eigenvalue weighted by Gasteiger charge is -2.26. The molecule has 1 heterocycles. The Balaban J connectivity index is 2.29. The van der Waals surface area contributed by atoms with Crippen LogP contribution < -0.4 is 21.7 Å². The number of hydrogen-bond donors (Lipinski definition) is 7. The minimum atomic E-state index is -1.17. The lowest BCUT2D eigenvalue weighted by Crippen LogP contribution is -2.58. The van der Waals surface area contributed by atoms with Gasteiger partial charge in [0.1, 0.15) is 18.1 Å². The molecule has 3 amide bonds. The number of thioether (sulfide) groups is 1. The molecule has 0 bridgehead atoms. The number of aromatic nitrogens is 1. The number of rotatable bonds is 17. The van der Waals surface area contributed by atoms with E-state index >= 15 is 0 Å². The molecule has 0 aliphatic heterocycles. The van der Waals surface area contributed by atoms with E-state index in [0.717, 1.165) is 16.5 Å². The van der Waals surface area contributed by atoms with Crippen LogP contribution >= 0.6 is 11.8 Å². The Morgan fingerprint density at radius 2 is 1.62 bits per heavy atom. The summed E-state index contributed by atoms with van der Waals surface area (Å²) >= 11 is 1.46. The van der Waals surface area contributed by atoms with Crippen LogP contribution in [-0.4, -0.2) is 81.0 Å². The normalized spacial score (nSPS) is 14.9. The quantitative estimate of drug-likeness (QED) is 0.144. The van der Waals surface area contributed by atoms with Crippen LogP contribution in [0, 0.1) is 5.92 Å². The molecule has 40 heavy (non-hydrogen) atoms. The fraction of sp³-hybridized carbons (Fsp3) is 0.519. The van der Waals surface area contributed by atoms with Gasteiger partial charge in [-0.1, -0.05) is 38.5 Å². The third-order valence-corrected chi connectivity index (χ3v) is 7.40. The highest BCUT2D eigenvalue weighted by molar-refractivity contribution is 7.98. The summed E-state index contributed by atoms with van der Waals surface area (Å²) in [6.45, 7) is 3.54. The molecular weight excluding hydrogens is 538 g/mol. The molecule has 0 fully saturated rings. The van der Waals surface area contributed by atoms with Crippen molar-refractivity contribution in [2.75, 3.05) is 12.0 Å². The number of carboxylic acid groups (broad SMARTS) is 2. The molecule has 0 radical (unpaired) electrons. The molecule has 0 saturated carbocycles. The Kier molecular flexibility index (Phi) is 12.9. The standard InChI is InChI=1S/C27H39N5O7S/c1-4-15(2)23(27(38)39)32-25(36)20(11-12-40-3)30-26(37)21(31-24(35)18(28)9-10-22(33)34)13-16-14-29-19-8-6-5-7-17(16)19/h5-8,14-15,18,20-21,23,29H,4,9-13,28H2,1-3H3,(H,30,37)(H,31,35)(H,32,36)(H,33,34)(H,38,39). The van der Waals surface area contributed by atoms with E-state index in [9.17, 15) is 29.1 Å². The van der Waals surface area contributed by atoms with Gasteiger partial charge in [-0.15, -0.1) is 0 Å². The number of nitrogens with two attached hydrogens (primary N) is 1. The van der Waals surface area contributed by atoms with Crippen molar-refractivity contribution >= 4 is 52.3 Å². The molecule has 12 nitrogen and oxygen atoms in total. The Morgan fingerprint density at radius 1 is 0.975 bits per heavy atom. The molecule has 1 aromatic heterocycles. The zero-order chi connectivity index (χ0) is 29.8. The van der Waals surface area contributed by atoms with Gasteiger partial charge >= 0.3 is 11.9 Å². The molecule has 5 unspecified atom stereocenters. The largest absolute Gasteiger partial charge is 0.481 e. The number of carbonyl (C=O) groups is 5. The van der Waals surface area contributed by atoms with Crippen LogP contribution in [-0.2, 0) is 30.4 Å². The van der Waals surface area contributed by atoms with Crippen molar-refractivity contribution in [2.24, 2.45) is 11.7 Å². The average molecular weight is 578 g/mol. The number of nitrogens with one attached hydrogen (secondary N) is 4. The molecule has 0 spiro atoms. The maximum atomic E-state index is 13.5. The summed E-state index contributed by atoms with van der Waals surface area (Å²) in [5.74, 6) is -4.08. The third kappa shape index (κ3) is 9.56. The second-order valence-electron chi connectivity index (χ2n) is 9.72. The Morgan fingerprint density at radius 3 is 2.25 bits per heavy atom. The first-order valence-electron chi connectivity index (χ1n) is 13.1. The highest BCUT2D eigenvalue weighted by Gasteiger charge is 2.32. The minimum Gasteiger partial charge on any atom is -0.481 e. The summed E-state index contributed by atoms with van der Waals surface area (Å²) in [6, 6.07) is 2.96. The maximum absolute atomic E-state index is 13.5. The van der Waals surface area contributed by atoms with Crippen molar-refractivity contribution < 1.29 is 34.2 Å². The lowest BCUT2D eigenvalue weighted by atomic mass is 9.98. The van der Waals surface area contributed by atoms with Gasteiger partial charge in [-0.2, -0.15) is 11.8 Å². The van der Waals surface area contributed by atoms with Gasteiger partial charge in [0.2, 0.25) is 17.7 Å². The van der Waals surface area contributed by atoms with Crippen molar-refractivity contribution in [1.29, 1.82) is 0 Å². The van der Waals surface area contributed by atoms with Crippen LogP contribution in [0.4, 0.5) is 0 Å². The number of carboxylic acids is 2. The summed E-state index contributed by atoms with van der Waals surface area (Å²) in [5.41, 5.74) is 7.46. The minimum absolute atomic E-state index is 0.0642. The summed E-state index contributed by atoms with van der Waals surface area (Å²) in [6.07, 6.45) is 3.96. The predicted octanol–water partition coefficient (Wildman–Crippen LogP) is 1.24. The molecule has 8 N–H and O–H groups in total. The van der Waals surface area contributed by atoms with Crippen LogP contribution in [0.3, 0.4) is 0 Å². The number of aliphatic carboxylic acids is 2. The van der Waals surface area contributed by atoms with Gasteiger partial charge in [-0.25, -0.2) is 4.79 Å². The van der Waals surface area contributed by atoms with E-state index in [1.165, 1.54) is 11.8 Å². The van der Waals surface area contributed by atoms with Crippen molar-refractivity contribution in [1.82, 2.24) is 20.9 Å². The van der Waals surface area contributed by atoms with E-state index in [4.69, 9.17) is 10.8 Å². The number of hydrogen-bond acceptors (Lipinski definition) is 7. The van der Waals surface area contributed by atoms with Crippen molar-refractivity contribution in [3.8, 4) is 0 Å². The van der Waals surface area contributed by atoms with Gasteiger partial charge in [-0.05, 0) is 42.4 Å². The Hall–Kier alpha value is -3.58. The number of H-pyrrole nitrogens is 1. The van der Waals surface area contributed by atoms with Crippen LogP contribution in [0.25, 0.3) is 10.9 Å². The van der Waals surface area contributed by atoms with Crippen molar-refractivity contribution in [3.63, 3.8) is 0 Å². The average Bonchev–Trinajstić information content (AvgIpc) is 3.33. The van der Waals surface area contributed by atoms with E-state index in [2.05, 4.69) is 20.9 Å². The van der Waals surface area contributed by atoms with Gasteiger partial charge in [0.05, 0.1) is 6.04 Å². The van der Waals surface area contributed by atoms with Crippen LogP contribution in [0.15, 0.2) is 30.5 Å². The zero-order valence-corrected chi connectivity index (χ0v) is 23.8. The molecule has 1 aromatic carbocycles. The van der Waals surface area contributed by atoms with Gasteiger partial charge < -0.3 is 36.9 Å². The third-order valence-electron chi connectivity index (χ3n) is 6.76. The first-order valence-corrected chi connectivity index (χ1v) is 14.5. The maximum Gasteiger partial charge on any atom is 0.326 e. The summed E-state index contributed by atoms with van der Waals surface area (Å²) in [4.78, 5) is 65.3. The number of fused-ring (bicyclic) bond motifs is 1. The molecule has 220 valence electrons. The number of benzene rings is 1. The van der Waals surface area contributed by atoms with Gasteiger partial charge in [0, 0.05) is 29.9 Å². The highest BCUT2D eigenvalue weighted by Crippen LogP contribution is 2.19. The molecule has 5 atom stereocenters. The summed E-state index contributed by atoms with van der Waals surface area (Å²) in [7, 11) is 0. The lowest BCUT2D eigenvalue weighted by molar-refractivity contribution is -0.144. The van der Waals surface area contributed by atoms with Crippen LogP contribution in [0.1, 0.15) is 45.1 Å². The second kappa shape index (κ2) is 15.9. The number of amides is 3. The fourth-order valence-electron chi connectivity index (χ4n) is 4.13. The molecular formula is C27H39N5O7S. The van der Waals surface area contributed by atoms with Gasteiger partial charge in [0.25, 0.3) is 0 Å². The van der Waals surface area contributed by atoms with Crippen LogP contribution in [0.2, 0.25) is 0 Å². The smallest absolute Gasteiger partial charge is 0.326 e. The monoisotopic (exact) mass is 577 g/mol. The predicted molar refractivity (Wildman–Crippen MR) is 153 cm³/mol. The topological polar surface area (TPSA) is 204 Å². The molecule has 13 heteroatoms.